The molecule has 3 atom stereocenters. The standard InChI is InChI=1S/C35H38Cl2N4O6/c36-33-34(37)41(22-39-33)20-29-18-30(25-14-12-23(21-42)13-15-25)47-35(46-29)28-9-5-8-27(17-28)26-7-4-6-24(16-26)19-38-31(43)10-2-1-3-11-32(44)40-45/h4-9,12-17,22,29-30,35,42,45H,1-3,10-11,18-21H2,(H,38,43)(H,40,44)/t29-,30+,35+/m1/s1. The SMILES string of the molecule is O=C(CCCCCC(=O)NCc1cccc(-c2cccc([C@H]3O[C@@H](Cn4cnc(Cl)c4Cl)C[C@@H](c4ccc(CO)cc4)O3)c2)c1)NO. The summed E-state index contributed by atoms with van der Waals surface area (Å²) in [5, 5.41) is 21.6. The van der Waals surface area contributed by atoms with Crippen LogP contribution < -0.4 is 10.8 Å². The highest BCUT2D eigenvalue weighted by Gasteiger charge is 2.33. The fraction of sp³-hybridized carbons (Fsp3) is 0.343. The van der Waals surface area contributed by atoms with E-state index in [1.54, 1.807) is 16.4 Å². The molecular formula is C35H38Cl2N4O6. The minimum absolute atomic E-state index is 0.0323. The number of amides is 2. The quantitative estimate of drug-likeness (QED) is 0.0664. The summed E-state index contributed by atoms with van der Waals surface area (Å²) in [4.78, 5) is 27.6. The molecule has 248 valence electrons. The molecule has 1 saturated heterocycles. The first-order chi connectivity index (χ1) is 22.8. The Labute approximate surface area is 283 Å². The second-order valence-electron chi connectivity index (χ2n) is 11.5. The molecule has 10 nitrogen and oxygen atoms in total. The van der Waals surface area contributed by atoms with Gasteiger partial charge in [0.25, 0.3) is 0 Å². The zero-order chi connectivity index (χ0) is 33.2. The maximum absolute atomic E-state index is 12.4. The maximum Gasteiger partial charge on any atom is 0.243 e. The maximum atomic E-state index is 12.4. The first-order valence-corrected chi connectivity index (χ1v) is 16.3. The fourth-order valence-electron chi connectivity index (χ4n) is 5.54. The highest BCUT2D eigenvalue weighted by molar-refractivity contribution is 6.40. The molecule has 0 spiro atoms. The van der Waals surface area contributed by atoms with Crippen molar-refractivity contribution in [3.63, 3.8) is 0 Å². The Morgan fingerprint density at radius 3 is 2.30 bits per heavy atom. The van der Waals surface area contributed by atoms with Crippen molar-refractivity contribution in [1.82, 2.24) is 20.3 Å². The van der Waals surface area contributed by atoms with Crippen LogP contribution in [0.3, 0.4) is 0 Å². The van der Waals surface area contributed by atoms with Crippen LogP contribution >= 0.6 is 23.2 Å². The average Bonchev–Trinajstić information content (AvgIpc) is 3.42. The van der Waals surface area contributed by atoms with E-state index in [4.69, 9.17) is 37.9 Å². The van der Waals surface area contributed by atoms with E-state index in [1.165, 1.54) is 0 Å². The molecule has 5 rings (SSSR count). The van der Waals surface area contributed by atoms with Gasteiger partial charge in [0, 0.05) is 31.4 Å². The third kappa shape index (κ3) is 9.63. The van der Waals surface area contributed by atoms with E-state index < -0.39 is 12.2 Å². The van der Waals surface area contributed by atoms with Crippen LogP contribution in [0.2, 0.25) is 10.3 Å². The number of halogens is 2. The summed E-state index contributed by atoms with van der Waals surface area (Å²) < 4.78 is 14.8. The summed E-state index contributed by atoms with van der Waals surface area (Å²) in [6.07, 6.45) is 3.62. The lowest BCUT2D eigenvalue weighted by molar-refractivity contribution is -0.252. The van der Waals surface area contributed by atoms with Crippen molar-refractivity contribution in [1.29, 1.82) is 0 Å². The van der Waals surface area contributed by atoms with E-state index in [1.807, 2.05) is 60.7 Å². The molecule has 1 aliphatic rings. The Hall–Kier alpha value is -3.77. The lowest BCUT2D eigenvalue weighted by atomic mass is 9.98. The van der Waals surface area contributed by atoms with Crippen LogP contribution in [0, 0.1) is 0 Å². The van der Waals surface area contributed by atoms with Gasteiger partial charge in [-0.2, -0.15) is 0 Å². The van der Waals surface area contributed by atoms with Crippen LogP contribution in [0.1, 0.15) is 73.2 Å². The van der Waals surface area contributed by atoms with Crippen molar-refractivity contribution >= 4 is 35.0 Å². The van der Waals surface area contributed by atoms with Gasteiger partial charge in [-0.25, -0.2) is 10.5 Å². The van der Waals surface area contributed by atoms with Gasteiger partial charge in [0.1, 0.15) is 5.15 Å². The third-order valence-corrected chi connectivity index (χ3v) is 8.86. The lowest BCUT2D eigenvalue weighted by Crippen LogP contribution is -2.32. The number of aromatic nitrogens is 2. The van der Waals surface area contributed by atoms with Crippen LogP contribution in [0.25, 0.3) is 11.1 Å². The van der Waals surface area contributed by atoms with Crippen molar-refractivity contribution < 1.29 is 29.4 Å². The molecule has 3 aromatic carbocycles. The fourth-order valence-corrected chi connectivity index (χ4v) is 5.85. The molecule has 0 bridgehead atoms. The van der Waals surface area contributed by atoms with E-state index in [-0.39, 0.29) is 36.3 Å². The van der Waals surface area contributed by atoms with E-state index >= 15 is 0 Å². The van der Waals surface area contributed by atoms with Crippen molar-refractivity contribution in [2.75, 3.05) is 0 Å². The van der Waals surface area contributed by atoms with E-state index in [2.05, 4.69) is 22.4 Å². The summed E-state index contributed by atoms with van der Waals surface area (Å²) in [5.41, 5.74) is 7.21. The molecule has 2 amide bonds. The summed E-state index contributed by atoms with van der Waals surface area (Å²) in [6.45, 7) is 0.806. The Bertz CT molecular complexity index is 1650. The molecule has 47 heavy (non-hydrogen) atoms. The number of unbranched alkanes of at least 4 members (excludes halogenated alkanes) is 2. The van der Waals surface area contributed by atoms with Gasteiger partial charge in [0.05, 0.1) is 31.7 Å². The van der Waals surface area contributed by atoms with Gasteiger partial charge in [-0.1, -0.05) is 90.3 Å². The van der Waals surface area contributed by atoms with Crippen LogP contribution in [-0.2, 0) is 38.8 Å². The number of aliphatic hydroxyl groups excluding tert-OH is 1. The molecule has 0 unspecified atom stereocenters. The molecular weight excluding hydrogens is 643 g/mol. The number of carbonyl (C=O) groups excluding carboxylic acids is 2. The number of hydroxylamine groups is 1. The topological polar surface area (TPSA) is 135 Å². The van der Waals surface area contributed by atoms with Gasteiger partial charge in [-0.15, -0.1) is 0 Å². The molecule has 1 aliphatic heterocycles. The second kappa shape index (κ2) is 16.9. The molecule has 0 radical (unpaired) electrons. The minimum atomic E-state index is -0.658. The van der Waals surface area contributed by atoms with Crippen LogP contribution in [-0.4, -0.2) is 37.8 Å². The van der Waals surface area contributed by atoms with Gasteiger partial charge in [-0.3, -0.25) is 14.8 Å². The highest BCUT2D eigenvalue weighted by Crippen LogP contribution is 2.39. The van der Waals surface area contributed by atoms with Crippen molar-refractivity contribution in [3.8, 4) is 11.1 Å². The van der Waals surface area contributed by atoms with Gasteiger partial charge in [-0.05, 0) is 52.8 Å². The largest absolute Gasteiger partial charge is 0.392 e. The number of carbonyl (C=O) groups is 2. The molecule has 4 aromatic rings. The minimum Gasteiger partial charge on any atom is -0.392 e. The lowest BCUT2D eigenvalue weighted by Gasteiger charge is -2.36. The van der Waals surface area contributed by atoms with E-state index in [0.717, 1.165) is 39.8 Å². The Morgan fingerprint density at radius 1 is 0.872 bits per heavy atom. The number of hydrogen-bond acceptors (Lipinski definition) is 7. The number of nitrogens with one attached hydrogen (secondary N) is 2. The number of hydrogen-bond donors (Lipinski definition) is 4. The van der Waals surface area contributed by atoms with Gasteiger partial charge < -0.3 is 24.5 Å². The smallest absolute Gasteiger partial charge is 0.243 e. The number of benzene rings is 3. The number of rotatable bonds is 14. The predicted molar refractivity (Wildman–Crippen MR) is 177 cm³/mol. The summed E-state index contributed by atoms with van der Waals surface area (Å²) in [5.74, 6) is -0.469. The molecule has 12 heteroatoms. The summed E-state index contributed by atoms with van der Waals surface area (Å²) in [7, 11) is 0. The van der Waals surface area contributed by atoms with Gasteiger partial charge in [0.15, 0.2) is 11.4 Å². The normalized spacial score (nSPS) is 17.7. The highest BCUT2D eigenvalue weighted by atomic mass is 35.5. The molecule has 0 aliphatic carbocycles. The number of nitrogens with zero attached hydrogens (tertiary/aromatic N) is 2. The molecule has 4 N–H and O–H groups in total. The molecule has 0 saturated carbocycles. The Kier molecular flexibility index (Phi) is 12.4. The number of aliphatic hydroxyl groups is 1. The van der Waals surface area contributed by atoms with Crippen molar-refractivity contribution in [3.05, 3.63) is 112 Å². The molecule has 1 fully saturated rings. The summed E-state index contributed by atoms with van der Waals surface area (Å²) >= 11 is 12.5. The third-order valence-electron chi connectivity index (χ3n) is 8.09. The van der Waals surface area contributed by atoms with Gasteiger partial charge >= 0.3 is 0 Å². The zero-order valence-electron chi connectivity index (χ0n) is 25.8. The van der Waals surface area contributed by atoms with E-state index in [9.17, 15) is 14.7 Å². The first-order valence-electron chi connectivity index (χ1n) is 15.6. The predicted octanol–water partition coefficient (Wildman–Crippen LogP) is 6.67. The monoisotopic (exact) mass is 680 g/mol. The van der Waals surface area contributed by atoms with Crippen molar-refractivity contribution in [2.24, 2.45) is 0 Å². The number of ether oxygens (including phenoxy) is 2. The Morgan fingerprint density at radius 2 is 1.60 bits per heavy atom. The van der Waals surface area contributed by atoms with Crippen LogP contribution in [0.15, 0.2) is 79.1 Å². The summed E-state index contributed by atoms with van der Waals surface area (Å²) in [6, 6.07) is 23.7. The van der Waals surface area contributed by atoms with Crippen LogP contribution in [0.5, 0.6) is 0 Å². The molecule has 1 aromatic heterocycles. The first kappa shape index (κ1) is 34.6. The van der Waals surface area contributed by atoms with Crippen molar-refractivity contribution in [2.45, 2.75) is 76.7 Å². The number of imidazole rings is 1. The van der Waals surface area contributed by atoms with E-state index in [0.29, 0.717) is 43.9 Å². The second-order valence-corrected chi connectivity index (χ2v) is 12.2. The molecule has 2 heterocycles. The Balaban J connectivity index is 1.26. The zero-order valence-corrected chi connectivity index (χ0v) is 27.3. The van der Waals surface area contributed by atoms with Gasteiger partial charge in [0.2, 0.25) is 11.8 Å². The average molecular weight is 682 g/mol. The van der Waals surface area contributed by atoms with Crippen LogP contribution in [0.4, 0.5) is 0 Å².